The van der Waals surface area contributed by atoms with E-state index in [1.54, 1.807) is 4.90 Å². The third-order valence-corrected chi connectivity index (χ3v) is 5.54. The number of aliphatic hydroxyl groups is 1. The molecular weight excluding hydrogens is 394 g/mol. The van der Waals surface area contributed by atoms with E-state index in [-0.39, 0.29) is 29.3 Å². The van der Waals surface area contributed by atoms with Crippen LogP contribution in [-0.2, 0) is 0 Å². The predicted octanol–water partition coefficient (Wildman–Crippen LogP) is 5.15. The van der Waals surface area contributed by atoms with E-state index in [1.165, 1.54) is 18.2 Å². The molecule has 1 saturated carbocycles. The molecule has 0 bridgehead atoms. The Kier molecular flexibility index (Phi) is 7.06. The summed E-state index contributed by atoms with van der Waals surface area (Å²) in [5, 5.41) is 24.5. The fourth-order valence-electron chi connectivity index (χ4n) is 3.68. The lowest BCUT2D eigenvalue weighted by Gasteiger charge is -2.35. The molecule has 2 aromatic rings. The standard InChI is InChI=1S/C21H24ClN3O4/c22-18-12-11-16(13-19(18)25(28)29)23-21(27)24(17-9-5-2-6-10-17)14-20(26)15-7-3-1-4-8-15/h1,3-4,7-8,11-13,17,20,26H,2,5-6,9-10,14H2,(H,23,27)/t20-/m1/s1. The van der Waals surface area contributed by atoms with Crippen molar-refractivity contribution in [2.75, 3.05) is 11.9 Å². The number of nitrogens with zero attached hydrogens (tertiary/aromatic N) is 2. The van der Waals surface area contributed by atoms with Crippen LogP contribution in [0, 0.1) is 10.1 Å². The average Bonchev–Trinajstić information content (AvgIpc) is 2.74. The normalized spacial score (nSPS) is 15.5. The Morgan fingerprint density at radius 1 is 1.21 bits per heavy atom. The second kappa shape index (κ2) is 9.71. The molecule has 0 heterocycles. The van der Waals surface area contributed by atoms with Crippen LogP contribution in [0.4, 0.5) is 16.2 Å². The molecule has 0 saturated heterocycles. The molecule has 1 atom stereocenters. The topological polar surface area (TPSA) is 95.7 Å². The first-order valence-electron chi connectivity index (χ1n) is 9.70. The summed E-state index contributed by atoms with van der Waals surface area (Å²) in [6.45, 7) is 0.149. The van der Waals surface area contributed by atoms with Crippen molar-refractivity contribution >= 4 is 29.0 Å². The number of rotatable bonds is 6. The van der Waals surface area contributed by atoms with Crippen molar-refractivity contribution in [2.24, 2.45) is 0 Å². The SMILES string of the molecule is O=C(Nc1ccc(Cl)c([N+](=O)[O-])c1)N(C[C@@H](O)c1ccccc1)C1CCCCC1. The van der Waals surface area contributed by atoms with Crippen molar-refractivity contribution in [3.05, 3.63) is 69.2 Å². The number of nitrogens with one attached hydrogen (secondary N) is 1. The van der Waals surface area contributed by atoms with Crippen molar-refractivity contribution in [2.45, 2.75) is 44.2 Å². The molecule has 7 nitrogen and oxygen atoms in total. The summed E-state index contributed by atoms with van der Waals surface area (Å²) in [5.41, 5.74) is 0.766. The maximum absolute atomic E-state index is 13.0. The van der Waals surface area contributed by atoms with E-state index in [4.69, 9.17) is 11.6 Å². The van der Waals surface area contributed by atoms with Gasteiger partial charge in [-0.1, -0.05) is 61.2 Å². The zero-order chi connectivity index (χ0) is 20.8. The fourth-order valence-corrected chi connectivity index (χ4v) is 3.87. The van der Waals surface area contributed by atoms with Crippen LogP contribution < -0.4 is 5.32 Å². The van der Waals surface area contributed by atoms with Crippen LogP contribution in [0.1, 0.15) is 43.8 Å². The van der Waals surface area contributed by atoms with Gasteiger partial charge >= 0.3 is 6.03 Å². The van der Waals surface area contributed by atoms with Crippen LogP contribution >= 0.6 is 11.6 Å². The van der Waals surface area contributed by atoms with Gasteiger partial charge in [-0.05, 0) is 30.5 Å². The number of anilines is 1. The molecule has 2 amide bonds. The molecule has 0 aliphatic heterocycles. The van der Waals surface area contributed by atoms with Crippen molar-refractivity contribution in [3.63, 3.8) is 0 Å². The van der Waals surface area contributed by atoms with E-state index in [1.807, 2.05) is 30.3 Å². The van der Waals surface area contributed by atoms with Gasteiger partial charge in [0.05, 0.1) is 17.6 Å². The van der Waals surface area contributed by atoms with Gasteiger partial charge in [-0.15, -0.1) is 0 Å². The van der Waals surface area contributed by atoms with Crippen molar-refractivity contribution in [1.82, 2.24) is 4.90 Å². The van der Waals surface area contributed by atoms with Gasteiger partial charge in [0.2, 0.25) is 0 Å². The smallest absolute Gasteiger partial charge is 0.322 e. The number of hydrogen-bond donors (Lipinski definition) is 2. The van der Waals surface area contributed by atoms with Gasteiger partial charge in [-0.3, -0.25) is 10.1 Å². The molecule has 0 spiro atoms. The zero-order valence-electron chi connectivity index (χ0n) is 16.0. The predicted molar refractivity (Wildman–Crippen MR) is 112 cm³/mol. The lowest BCUT2D eigenvalue weighted by molar-refractivity contribution is -0.384. The number of urea groups is 1. The Bertz CT molecular complexity index is 856. The van der Waals surface area contributed by atoms with Crippen LogP contribution in [0.5, 0.6) is 0 Å². The number of benzene rings is 2. The Balaban J connectivity index is 1.78. The largest absolute Gasteiger partial charge is 0.387 e. The van der Waals surface area contributed by atoms with E-state index >= 15 is 0 Å². The monoisotopic (exact) mass is 417 g/mol. The lowest BCUT2D eigenvalue weighted by atomic mass is 9.94. The molecule has 0 aromatic heterocycles. The highest BCUT2D eigenvalue weighted by atomic mass is 35.5. The van der Waals surface area contributed by atoms with Crippen molar-refractivity contribution in [3.8, 4) is 0 Å². The van der Waals surface area contributed by atoms with E-state index in [9.17, 15) is 20.0 Å². The van der Waals surface area contributed by atoms with Crippen molar-refractivity contribution in [1.29, 1.82) is 0 Å². The Morgan fingerprint density at radius 2 is 1.90 bits per heavy atom. The van der Waals surface area contributed by atoms with Crippen LogP contribution in [0.3, 0.4) is 0 Å². The summed E-state index contributed by atoms with van der Waals surface area (Å²) in [7, 11) is 0. The van der Waals surface area contributed by atoms with Gasteiger partial charge in [0.25, 0.3) is 5.69 Å². The van der Waals surface area contributed by atoms with Gasteiger partial charge in [-0.25, -0.2) is 4.79 Å². The van der Waals surface area contributed by atoms with Crippen LogP contribution in [-0.4, -0.2) is 33.5 Å². The van der Waals surface area contributed by atoms with Gasteiger partial charge in [0, 0.05) is 17.8 Å². The fraction of sp³-hybridized carbons (Fsp3) is 0.381. The highest BCUT2D eigenvalue weighted by Crippen LogP contribution is 2.29. The molecule has 1 aliphatic rings. The Labute approximate surface area is 174 Å². The Hall–Kier alpha value is -2.64. The van der Waals surface area contributed by atoms with Crippen molar-refractivity contribution < 1.29 is 14.8 Å². The number of nitro groups is 1. The highest BCUT2D eigenvalue weighted by Gasteiger charge is 2.28. The summed E-state index contributed by atoms with van der Waals surface area (Å²) in [5.74, 6) is 0. The lowest BCUT2D eigenvalue weighted by Crippen LogP contribution is -2.46. The molecule has 8 heteroatoms. The van der Waals surface area contributed by atoms with Crippen LogP contribution in [0.25, 0.3) is 0 Å². The second-order valence-electron chi connectivity index (χ2n) is 7.22. The maximum atomic E-state index is 13.0. The number of halogens is 1. The van der Waals surface area contributed by atoms with E-state index in [0.29, 0.717) is 5.69 Å². The third kappa shape index (κ3) is 5.46. The van der Waals surface area contributed by atoms with Crippen LogP contribution in [0.2, 0.25) is 5.02 Å². The summed E-state index contributed by atoms with van der Waals surface area (Å²) in [6.07, 6.45) is 4.12. The number of aliphatic hydroxyl groups excluding tert-OH is 1. The second-order valence-corrected chi connectivity index (χ2v) is 7.63. The number of carbonyl (C=O) groups is 1. The molecule has 0 radical (unpaired) electrons. The highest BCUT2D eigenvalue weighted by molar-refractivity contribution is 6.32. The molecule has 29 heavy (non-hydrogen) atoms. The summed E-state index contributed by atoms with van der Waals surface area (Å²) < 4.78 is 0. The molecular formula is C21H24ClN3O4. The summed E-state index contributed by atoms with van der Waals surface area (Å²) >= 11 is 5.85. The van der Waals surface area contributed by atoms with E-state index in [2.05, 4.69) is 5.32 Å². The summed E-state index contributed by atoms with van der Waals surface area (Å²) in [4.78, 5) is 25.2. The first-order valence-corrected chi connectivity index (χ1v) is 10.1. The Morgan fingerprint density at radius 3 is 2.55 bits per heavy atom. The molecule has 2 aromatic carbocycles. The molecule has 0 unspecified atom stereocenters. The van der Waals surface area contributed by atoms with Gasteiger partial charge < -0.3 is 15.3 Å². The average molecular weight is 418 g/mol. The van der Waals surface area contributed by atoms with Gasteiger partial charge in [-0.2, -0.15) is 0 Å². The van der Waals surface area contributed by atoms with Gasteiger partial charge in [0.1, 0.15) is 5.02 Å². The number of amides is 2. The minimum Gasteiger partial charge on any atom is -0.387 e. The summed E-state index contributed by atoms with van der Waals surface area (Å²) in [6, 6.07) is 13.0. The minimum atomic E-state index is -0.816. The number of nitro benzene ring substituents is 1. The zero-order valence-corrected chi connectivity index (χ0v) is 16.7. The third-order valence-electron chi connectivity index (χ3n) is 5.22. The first-order chi connectivity index (χ1) is 14.0. The van der Waals surface area contributed by atoms with E-state index < -0.39 is 11.0 Å². The van der Waals surface area contributed by atoms with Crippen LogP contribution in [0.15, 0.2) is 48.5 Å². The van der Waals surface area contributed by atoms with Gasteiger partial charge in [0.15, 0.2) is 0 Å². The number of carbonyl (C=O) groups excluding carboxylic acids is 1. The molecule has 2 N–H and O–H groups in total. The molecule has 1 aliphatic carbocycles. The minimum absolute atomic E-state index is 0.0108. The number of hydrogen-bond acceptors (Lipinski definition) is 4. The first kappa shape index (κ1) is 21.1. The quantitative estimate of drug-likeness (QED) is 0.501. The van der Waals surface area contributed by atoms with E-state index in [0.717, 1.165) is 37.7 Å². The maximum Gasteiger partial charge on any atom is 0.322 e. The molecule has 154 valence electrons. The molecule has 1 fully saturated rings. The molecule has 3 rings (SSSR count).